The highest BCUT2D eigenvalue weighted by molar-refractivity contribution is 5.73. The Hall–Kier alpha value is -3.75. The highest BCUT2D eigenvalue weighted by atomic mass is 16.6. The number of nitrogens with zero attached hydrogens (tertiary/aromatic N) is 2. The fourth-order valence-electron chi connectivity index (χ4n) is 1.67. The lowest BCUT2D eigenvalue weighted by atomic mass is 10.2. The fourth-order valence-corrected chi connectivity index (χ4v) is 1.67. The standard InChI is InChI=1S/C10H10O2.C6H5N3O4/c1-12-10-6-4-9(5-7-10)3-2-8-11;7-5-2-1-4(8(10)11)3-6(5)9(12)13/h2-8H,1H3;1-3H,7H2/b3-2+;. The molecule has 0 heterocycles. The first-order valence-corrected chi connectivity index (χ1v) is 6.83. The van der Waals surface area contributed by atoms with Gasteiger partial charge in [-0.2, -0.15) is 0 Å². The number of carbonyl (C=O) groups excluding carboxylic acids is 1. The molecule has 0 fully saturated rings. The van der Waals surface area contributed by atoms with Crippen LogP contribution in [0.3, 0.4) is 0 Å². The third-order valence-electron chi connectivity index (χ3n) is 2.90. The molecule has 0 aromatic heterocycles. The summed E-state index contributed by atoms with van der Waals surface area (Å²) in [5.41, 5.74) is 5.33. The number of rotatable bonds is 5. The zero-order valence-electron chi connectivity index (χ0n) is 13.2. The van der Waals surface area contributed by atoms with Crippen LogP contribution in [0.1, 0.15) is 5.56 Å². The number of nitro benzene ring substituents is 2. The number of ether oxygens (including phenoxy) is 1. The van der Waals surface area contributed by atoms with Crippen molar-refractivity contribution in [2.45, 2.75) is 0 Å². The van der Waals surface area contributed by atoms with Crippen molar-refractivity contribution < 1.29 is 19.4 Å². The van der Waals surface area contributed by atoms with Crippen LogP contribution in [-0.2, 0) is 4.79 Å². The average molecular weight is 345 g/mol. The molecule has 0 unspecified atom stereocenters. The first-order chi connectivity index (χ1) is 11.9. The van der Waals surface area contributed by atoms with E-state index in [1.807, 2.05) is 24.3 Å². The molecule has 2 N–H and O–H groups in total. The summed E-state index contributed by atoms with van der Waals surface area (Å²) in [5.74, 6) is 0.818. The minimum Gasteiger partial charge on any atom is -0.497 e. The minimum atomic E-state index is -0.762. The second-order valence-corrected chi connectivity index (χ2v) is 4.53. The maximum absolute atomic E-state index is 10.3. The SMILES string of the molecule is COc1ccc(/C=C/C=O)cc1.Nc1ccc([N+](=O)[O-])cc1[N+](=O)[O-]. The van der Waals surface area contributed by atoms with Gasteiger partial charge in [-0.05, 0) is 29.8 Å². The van der Waals surface area contributed by atoms with Crippen molar-refractivity contribution in [1.82, 2.24) is 0 Å². The number of nitrogens with two attached hydrogens (primary N) is 1. The number of anilines is 1. The summed E-state index contributed by atoms with van der Waals surface area (Å²) in [5, 5.41) is 20.5. The minimum absolute atomic E-state index is 0.0874. The van der Waals surface area contributed by atoms with Gasteiger partial charge in [0.1, 0.15) is 17.7 Å². The summed E-state index contributed by atoms with van der Waals surface area (Å²) in [6, 6.07) is 10.6. The Morgan fingerprint density at radius 3 is 2.16 bits per heavy atom. The Labute approximate surface area is 142 Å². The van der Waals surface area contributed by atoms with Gasteiger partial charge in [0.25, 0.3) is 11.4 Å². The van der Waals surface area contributed by atoms with Crippen LogP contribution >= 0.6 is 0 Å². The highest BCUT2D eigenvalue weighted by Crippen LogP contribution is 2.25. The first-order valence-electron chi connectivity index (χ1n) is 6.83. The van der Waals surface area contributed by atoms with Gasteiger partial charge in [0.05, 0.1) is 23.0 Å². The molecule has 9 heteroatoms. The number of aldehydes is 1. The zero-order valence-corrected chi connectivity index (χ0v) is 13.2. The van der Waals surface area contributed by atoms with Gasteiger partial charge in [-0.25, -0.2) is 0 Å². The van der Waals surface area contributed by atoms with E-state index in [4.69, 9.17) is 10.5 Å². The van der Waals surface area contributed by atoms with E-state index in [1.165, 1.54) is 6.08 Å². The number of methoxy groups -OCH3 is 1. The fraction of sp³-hybridized carbons (Fsp3) is 0.0625. The van der Waals surface area contributed by atoms with Crippen LogP contribution in [0, 0.1) is 20.2 Å². The molecule has 0 bridgehead atoms. The number of carbonyl (C=O) groups is 1. The number of nitro groups is 2. The predicted molar refractivity (Wildman–Crippen MR) is 92.3 cm³/mol. The molecule has 25 heavy (non-hydrogen) atoms. The lowest BCUT2D eigenvalue weighted by Crippen LogP contribution is -1.97. The summed E-state index contributed by atoms with van der Waals surface area (Å²) >= 11 is 0. The third-order valence-corrected chi connectivity index (χ3v) is 2.90. The van der Waals surface area contributed by atoms with E-state index < -0.39 is 15.5 Å². The average Bonchev–Trinajstić information content (AvgIpc) is 2.61. The van der Waals surface area contributed by atoms with E-state index in [0.29, 0.717) is 0 Å². The van der Waals surface area contributed by atoms with Gasteiger partial charge < -0.3 is 10.5 Å². The molecule has 0 spiro atoms. The number of hydrogen-bond donors (Lipinski definition) is 1. The topological polar surface area (TPSA) is 139 Å². The zero-order chi connectivity index (χ0) is 18.8. The Morgan fingerprint density at radius 1 is 1.04 bits per heavy atom. The summed E-state index contributed by atoms with van der Waals surface area (Å²) in [4.78, 5) is 29.0. The summed E-state index contributed by atoms with van der Waals surface area (Å²) in [6.45, 7) is 0. The van der Waals surface area contributed by atoms with Gasteiger partial charge in [-0.15, -0.1) is 0 Å². The normalized spacial score (nSPS) is 9.80. The van der Waals surface area contributed by atoms with Gasteiger partial charge in [0, 0.05) is 6.07 Å². The van der Waals surface area contributed by atoms with Crippen LogP contribution < -0.4 is 10.5 Å². The Morgan fingerprint density at radius 2 is 1.68 bits per heavy atom. The van der Waals surface area contributed by atoms with E-state index in [2.05, 4.69) is 0 Å². The monoisotopic (exact) mass is 345 g/mol. The molecule has 2 rings (SSSR count). The highest BCUT2D eigenvalue weighted by Gasteiger charge is 2.16. The van der Waals surface area contributed by atoms with Crippen LogP contribution in [0.25, 0.3) is 6.08 Å². The van der Waals surface area contributed by atoms with Crippen molar-refractivity contribution in [1.29, 1.82) is 0 Å². The Bertz CT molecular complexity index is 787. The van der Waals surface area contributed by atoms with Crippen LogP contribution in [0.2, 0.25) is 0 Å². The maximum Gasteiger partial charge on any atom is 0.298 e. The molecular weight excluding hydrogens is 330 g/mol. The van der Waals surface area contributed by atoms with Gasteiger partial charge >= 0.3 is 0 Å². The number of benzene rings is 2. The first kappa shape index (κ1) is 19.3. The molecule has 0 aliphatic heterocycles. The van der Waals surface area contributed by atoms with Crippen molar-refractivity contribution in [2.75, 3.05) is 12.8 Å². The molecular formula is C16H15N3O6. The van der Waals surface area contributed by atoms with Crippen molar-refractivity contribution in [2.24, 2.45) is 0 Å². The molecule has 0 saturated carbocycles. The van der Waals surface area contributed by atoms with Gasteiger partial charge in [-0.1, -0.05) is 18.2 Å². The smallest absolute Gasteiger partial charge is 0.298 e. The lowest BCUT2D eigenvalue weighted by Gasteiger charge is -1.98. The van der Waals surface area contributed by atoms with Crippen molar-refractivity contribution >= 4 is 29.4 Å². The van der Waals surface area contributed by atoms with Crippen LogP contribution in [-0.4, -0.2) is 23.2 Å². The Balaban J connectivity index is 0.000000251. The van der Waals surface area contributed by atoms with E-state index in [1.54, 1.807) is 13.2 Å². The molecule has 0 radical (unpaired) electrons. The number of nitrogen functional groups attached to an aromatic ring is 1. The van der Waals surface area contributed by atoms with Crippen molar-refractivity contribution in [3.8, 4) is 5.75 Å². The van der Waals surface area contributed by atoms with Crippen LogP contribution in [0.5, 0.6) is 5.75 Å². The molecule has 2 aromatic carbocycles. The van der Waals surface area contributed by atoms with Crippen LogP contribution in [0.15, 0.2) is 48.5 Å². The van der Waals surface area contributed by atoms with Crippen molar-refractivity contribution in [3.05, 3.63) is 74.3 Å². The second kappa shape index (κ2) is 9.40. The second-order valence-electron chi connectivity index (χ2n) is 4.53. The van der Waals surface area contributed by atoms with Gasteiger partial charge in [0.2, 0.25) is 0 Å². The molecule has 0 saturated heterocycles. The van der Waals surface area contributed by atoms with E-state index in [9.17, 15) is 25.0 Å². The molecule has 0 atom stereocenters. The Kier molecular flexibility index (Phi) is 7.26. The largest absolute Gasteiger partial charge is 0.497 e. The maximum atomic E-state index is 10.3. The molecule has 0 aliphatic carbocycles. The molecule has 0 amide bonds. The summed E-state index contributed by atoms with van der Waals surface area (Å²) in [6.07, 6.45) is 3.96. The lowest BCUT2D eigenvalue weighted by molar-refractivity contribution is -0.393. The molecule has 0 aliphatic rings. The summed E-state index contributed by atoms with van der Waals surface area (Å²) < 4.78 is 4.98. The molecule has 9 nitrogen and oxygen atoms in total. The summed E-state index contributed by atoms with van der Waals surface area (Å²) in [7, 11) is 1.62. The predicted octanol–water partition coefficient (Wildman–Crippen LogP) is 2.99. The van der Waals surface area contributed by atoms with E-state index in [-0.39, 0.29) is 11.4 Å². The number of allylic oxidation sites excluding steroid dienone is 1. The molecule has 2 aromatic rings. The van der Waals surface area contributed by atoms with Gasteiger partial charge in [0.15, 0.2) is 0 Å². The van der Waals surface area contributed by atoms with Crippen molar-refractivity contribution in [3.63, 3.8) is 0 Å². The molecule has 130 valence electrons. The number of non-ortho nitro benzene ring substituents is 1. The van der Waals surface area contributed by atoms with Crippen LogP contribution in [0.4, 0.5) is 17.1 Å². The quantitative estimate of drug-likeness (QED) is 0.289. The van der Waals surface area contributed by atoms with E-state index in [0.717, 1.165) is 35.8 Å². The van der Waals surface area contributed by atoms with Gasteiger partial charge in [-0.3, -0.25) is 25.0 Å². The third kappa shape index (κ3) is 6.10. The number of hydrogen-bond acceptors (Lipinski definition) is 7. The van der Waals surface area contributed by atoms with E-state index >= 15 is 0 Å².